The number of nitrogens with one attached hydrogen (secondary N) is 5. The van der Waals surface area contributed by atoms with Crippen LogP contribution in [0.15, 0.2) is 23.9 Å². The van der Waals surface area contributed by atoms with Gasteiger partial charge in [-0.25, -0.2) is 0 Å². The molecule has 1 saturated carbocycles. The van der Waals surface area contributed by atoms with E-state index in [9.17, 15) is 24.0 Å². The quantitative estimate of drug-likeness (QED) is 0.0479. The van der Waals surface area contributed by atoms with Crippen molar-refractivity contribution in [2.45, 2.75) is 145 Å². The highest BCUT2D eigenvalue weighted by Crippen LogP contribution is 2.28. The van der Waals surface area contributed by atoms with Crippen LogP contribution in [0.2, 0.25) is 0 Å². The molecule has 0 aromatic heterocycles. The Hall–Kier alpha value is -3.29. The van der Waals surface area contributed by atoms with Crippen molar-refractivity contribution in [3.05, 3.63) is 23.9 Å². The molecule has 5 amide bonds. The average molecular weight is 755 g/mol. The maximum absolute atomic E-state index is 12.2. The van der Waals surface area contributed by atoms with Crippen LogP contribution in [0.1, 0.15) is 133 Å². The summed E-state index contributed by atoms with van der Waals surface area (Å²) in [6, 6.07) is 0.0961. The van der Waals surface area contributed by atoms with Crippen LogP contribution < -0.4 is 26.6 Å². The summed E-state index contributed by atoms with van der Waals surface area (Å²) in [5.74, 6) is 0.206. The summed E-state index contributed by atoms with van der Waals surface area (Å²) in [7, 11) is 1.75. The maximum Gasteiger partial charge on any atom is 0.239 e. The van der Waals surface area contributed by atoms with Gasteiger partial charge in [0.25, 0.3) is 0 Å². The highest BCUT2D eigenvalue weighted by Gasteiger charge is 2.34. The van der Waals surface area contributed by atoms with Gasteiger partial charge >= 0.3 is 0 Å². The van der Waals surface area contributed by atoms with E-state index in [1.807, 2.05) is 41.5 Å². The Morgan fingerprint density at radius 3 is 2.04 bits per heavy atom. The molecule has 2 fully saturated rings. The summed E-state index contributed by atoms with van der Waals surface area (Å²) in [5, 5.41) is 31.8. The van der Waals surface area contributed by atoms with Crippen LogP contribution in [0, 0.1) is 11.8 Å². The first kappa shape index (κ1) is 54.1. The predicted octanol–water partition coefficient (Wildman–Crippen LogP) is 4.34. The molecule has 7 N–H and O–H groups in total. The fraction of sp³-hybridized carbons (Fsp3) is 0.775. The topological polar surface area (TPSA) is 189 Å². The number of amides is 5. The normalized spacial score (nSPS) is 15.1. The number of carbonyl (C=O) groups is 5. The number of likely N-dealkylation sites (tertiary alicyclic amines) is 1. The van der Waals surface area contributed by atoms with Crippen LogP contribution in [-0.4, -0.2) is 103 Å². The Morgan fingerprint density at radius 2 is 1.55 bits per heavy atom. The number of hydrogen-bond donors (Lipinski definition) is 7. The Kier molecular flexibility index (Phi) is 36.4. The number of nitrogens with zero attached hydrogens (tertiary/aromatic N) is 1. The zero-order chi connectivity index (χ0) is 41.2. The molecule has 1 aliphatic heterocycles. The molecule has 0 spiro atoms. The zero-order valence-corrected chi connectivity index (χ0v) is 35.0. The first-order valence-corrected chi connectivity index (χ1v) is 20.0. The highest BCUT2D eigenvalue weighted by molar-refractivity contribution is 6.03. The molecule has 0 aromatic carbocycles. The van der Waals surface area contributed by atoms with Crippen LogP contribution in [-0.2, 0) is 24.0 Å². The Bertz CT molecular complexity index is 1040. The maximum atomic E-state index is 12.2. The van der Waals surface area contributed by atoms with Gasteiger partial charge in [0.15, 0.2) is 0 Å². The molecule has 53 heavy (non-hydrogen) atoms. The summed E-state index contributed by atoms with van der Waals surface area (Å²) in [4.78, 5) is 58.4. The van der Waals surface area contributed by atoms with Crippen molar-refractivity contribution < 1.29 is 34.2 Å². The summed E-state index contributed by atoms with van der Waals surface area (Å²) in [5.41, 5.74) is 2.28. The van der Waals surface area contributed by atoms with Crippen LogP contribution in [0.25, 0.3) is 0 Å². The fourth-order valence-corrected chi connectivity index (χ4v) is 4.66. The highest BCUT2D eigenvalue weighted by atomic mass is 16.3. The number of aliphatic hydroxyl groups excluding tert-OH is 2. The second-order valence-corrected chi connectivity index (χ2v) is 12.9. The second kappa shape index (κ2) is 35.7. The monoisotopic (exact) mass is 755 g/mol. The second-order valence-electron chi connectivity index (χ2n) is 12.9. The van der Waals surface area contributed by atoms with Crippen molar-refractivity contribution in [3.63, 3.8) is 0 Å². The lowest BCUT2D eigenvalue weighted by molar-refractivity contribution is -0.139. The molecule has 13 heteroatoms. The van der Waals surface area contributed by atoms with E-state index in [0.717, 1.165) is 57.1 Å². The third-order valence-corrected chi connectivity index (χ3v) is 7.86. The van der Waals surface area contributed by atoms with Gasteiger partial charge in [0.1, 0.15) is 0 Å². The molecule has 0 aromatic rings. The van der Waals surface area contributed by atoms with E-state index in [1.54, 1.807) is 14.0 Å². The van der Waals surface area contributed by atoms with Crippen molar-refractivity contribution in [1.29, 1.82) is 0 Å². The van der Waals surface area contributed by atoms with Crippen LogP contribution in [0.5, 0.6) is 0 Å². The summed E-state index contributed by atoms with van der Waals surface area (Å²) < 4.78 is 0. The number of hydrogen-bond acceptors (Lipinski definition) is 9. The van der Waals surface area contributed by atoms with Crippen molar-refractivity contribution in [3.8, 4) is 0 Å². The Labute approximate surface area is 322 Å². The number of allylic oxidation sites excluding steroid dienone is 2. The standard InChI is InChI=1S/C22H35N3O3.C9H19NO3.C5H12N2O.2C2H6/c1-15(2)19(13-18-9-10-18)24-20(26)14-23-17(4)8-6-5-7-11-25-21(27)12-16(3)22(25)28;1-2-9(13)10-6-4-3-5-8(12)7-11;1-3-7-5(8)4-6-2;2*1-2/h13,15-16,19,23H,4-12,14H2,1-3H3,(H,24,26);8,11-12H,2-7H2,1H3,(H,10,13);6H,3-4H2,1-2H3,(H,7,8);2*1-2H3. The Morgan fingerprint density at radius 1 is 0.906 bits per heavy atom. The molecule has 13 nitrogen and oxygen atoms in total. The predicted molar refractivity (Wildman–Crippen MR) is 216 cm³/mol. The van der Waals surface area contributed by atoms with Gasteiger partial charge in [0.2, 0.25) is 29.5 Å². The van der Waals surface area contributed by atoms with E-state index in [0.29, 0.717) is 51.4 Å². The molecule has 0 radical (unpaired) electrons. The molecule has 1 saturated heterocycles. The largest absolute Gasteiger partial charge is 0.394 e. The molecular weight excluding hydrogens is 676 g/mol. The SMILES string of the molecule is C=C(CCCCCN1C(=O)CC(C)C1=O)NCC(=O)NC(C=C1CC1)C(C)C.CC.CC.CCC(=O)NCCCCC(O)CO.CCNC(=O)CNC. The van der Waals surface area contributed by atoms with Crippen LogP contribution in [0.3, 0.4) is 0 Å². The number of imide groups is 1. The van der Waals surface area contributed by atoms with E-state index in [4.69, 9.17) is 10.2 Å². The van der Waals surface area contributed by atoms with Gasteiger partial charge in [0, 0.05) is 50.1 Å². The van der Waals surface area contributed by atoms with E-state index in [1.165, 1.54) is 10.5 Å². The number of unbranched alkanes of at least 4 members (excludes halogenated alkanes) is 3. The van der Waals surface area contributed by atoms with Gasteiger partial charge in [-0.15, -0.1) is 0 Å². The molecule has 3 unspecified atom stereocenters. The molecule has 1 heterocycles. The Balaban J connectivity index is -0.000000827. The molecule has 2 aliphatic rings. The summed E-state index contributed by atoms with van der Waals surface area (Å²) in [6.07, 6.45) is 10.5. The lowest BCUT2D eigenvalue weighted by Gasteiger charge is -2.19. The van der Waals surface area contributed by atoms with Crippen molar-refractivity contribution in [2.75, 3.05) is 46.4 Å². The number of aliphatic hydroxyl groups is 2. The molecule has 1 aliphatic carbocycles. The summed E-state index contributed by atoms with van der Waals surface area (Å²) >= 11 is 0. The third-order valence-electron chi connectivity index (χ3n) is 7.86. The minimum Gasteiger partial charge on any atom is -0.394 e. The van der Waals surface area contributed by atoms with Crippen LogP contribution in [0.4, 0.5) is 0 Å². The fourth-order valence-electron chi connectivity index (χ4n) is 4.66. The van der Waals surface area contributed by atoms with Crippen molar-refractivity contribution in [1.82, 2.24) is 31.5 Å². The van der Waals surface area contributed by atoms with Crippen molar-refractivity contribution >= 4 is 29.5 Å². The van der Waals surface area contributed by atoms with Gasteiger partial charge in [-0.3, -0.25) is 28.9 Å². The van der Waals surface area contributed by atoms with Gasteiger partial charge in [-0.05, 0) is 71.3 Å². The number of carbonyl (C=O) groups excluding carboxylic acids is 5. The lowest BCUT2D eigenvalue weighted by Crippen LogP contribution is -2.41. The first-order valence-electron chi connectivity index (χ1n) is 20.0. The molecule has 310 valence electrons. The van der Waals surface area contributed by atoms with Gasteiger partial charge in [-0.2, -0.15) is 0 Å². The van der Waals surface area contributed by atoms with E-state index in [-0.39, 0.29) is 54.6 Å². The van der Waals surface area contributed by atoms with Crippen molar-refractivity contribution in [2.24, 2.45) is 11.8 Å². The molecule has 3 atom stereocenters. The lowest BCUT2D eigenvalue weighted by atomic mass is 10.0. The van der Waals surface area contributed by atoms with Gasteiger partial charge < -0.3 is 36.8 Å². The molecule has 0 bridgehead atoms. The minimum atomic E-state index is -0.609. The van der Waals surface area contributed by atoms with Crippen LogP contribution >= 0.6 is 0 Å². The minimum absolute atomic E-state index is 0.0162. The smallest absolute Gasteiger partial charge is 0.239 e. The van der Waals surface area contributed by atoms with E-state index in [2.05, 4.69) is 53.1 Å². The first-order chi connectivity index (χ1) is 25.3. The summed E-state index contributed by atoms with van der Waals surface area (Å²) in [6.45, 7) is 24.1. The number of rotatable bonds is 22. The third kappa shape index (κ3) is 30.8. The van der Waals surface area contributed by atoms with E-state index >= 15 is 0 Å². The van der Waals surface area contributed by atoms with E-state index < -0.39 is 6.10 Å². The average Bonchev–Trinajstić information content (AvgIpc) is 3.93. The zero-order valence-electron chi connectivity index (χ0n) is 35.0. The van der Waals surface area contributed by atoms with Gasteiger partial charge in [-0.1, -0.05) is 80.0 Å². The molecule has 2 rings (SSSR count). The number of likely N-dealkylation sites (N-methyl/N-ethyl adjacent to an activating group) is 2. The molecular formula is C40H78N6O7. The van der Waals surface area contributed by atoms with Gasteiger partial charge in [0.05, 0.1) is 25.8 Å².